The molecule has 0 spiro atoms. The van der Waals surface area contributed by atoms with Crippen molar-refractivity contribution in [1.82, 2.24) is 10.0 Å². The maximum atomic E-state index is 12.9. The number of nitrogens with zero attached hydrogens (tertiary/aromatic N) is 1. The second-order valence-corrected chi connectivity index (χ2v) is 9.31. The minimum absolute atomic E-state index is 0. The molecular formula is C21H26ClN3O3S. The van der Waals surface area contributed by atoms with Gasteiger partial charge >= 0.3 is 0 Å². The van der Waals surface area contributed by atoms with Crippen LogP contribution < -0.4 is 14.9 Å². The summed E-state index contributed by atoms with van der Waals surface area (Å²) in [6.45, 7) is 4.64. The smallest absolute Gasteiger partial charge is 0.240 e. The Hall–Kier alpha value is -1.93. The van der Waals surface area contributed by atoms with E-state index in [2.05, 4.69) is 16.1 Å². The van der Waals surface area contributed by atoms with E-state index in [1.54, 1.807) is 23.1 Å². The Kier molecular flexibility index (Phi) is 6.33. The van der Waals surface area contributed by atoms with Gasteiger partial charge in [0.15, 0.2) is 0 Å². The van der Waals surface area contributed by atoms with Crippen molar-refractivity contribution in [2.75, 3.05) is 18.0 Å². The van der Waals surface area contributed by atoms with Crippen LogP contribution in [0, 0.1) is 0 Å². The summed E-state index contributed by atoms with van der Waals surface area (Å²) in [6, 6.07) is 13.2. The summed E-state index contributed by atoms with van der Waals surface area (Å²) in [4.78, 5) is 13.8. The number of halogens is 1. The van der Waals surface area contributed by atoms with Crippen LogP contribution in [0.1, 0.15) is 36.6 Å². The van der Waals surface area contributed by atoms with Gasteiger partial charge in [0.2, 0.25) is 15.9 Å². The highest BCUT2D eigenvalue weighted by atomic mass is 35.5. The highest BCUT2D eigenvalue weighted by Crippen LogP contribution is 2.34. The first-order valence-corrected chi connectivity index (χ1v) is 11.1. The molecule has 0 radical (unpaired) electrons. The number of carbonyl (C=O) groups is 1. The van der Waals surface area contributed by atoms with E-state index in [1.807, 2.05) is 25.1 Å². The standard InChI is InChI=1S/C21H25N3O3S.ClH/c1-14-11-17-12-18(7-8-21(17)24(14)15(2)25)28(26,27)23-13-20-19-6-4-3-5-16(19)9-10-22-20;/h3-8,12,14,20,22-23H,9-11,13H2,1-2H3;1H. The third-order valence-electron chi connectivity index (χ3n) is 5.61. The number of hydrogen-bond donors (Lipinski definition) is 2. The zero-order valence-electron chi connectivity index (χ0n) is 16.5. The molecule has 0 fully saturated rings. The van der Waals surface area contributed by atoms with Crippen molar-refractivity contribution in [2.45, 2.75) is 43.7 Å². The fraction of sp³-hybridized carbons (Fsp3) is 0.381. The van der Waals surface area contributed by atoms with Gasteiger partial charge in [0.05, 0.1) is 4.90 Å². The molecule has 2 atom stereocenters. The van der Waals surface area contributed by atoms with E-state index in [0.29, 0.717) is 13.0 Å². The van der Waals surface area contributed by atoms with Gasteiger partial charge in [-0.05, 0) is 61.2 Å². The molecule has 6 nitrogen and oxygen atoms in total. The molecule has 0 saturated carbocycles. The lowest BCUT2D eigenvalue weighted by atomic mass is 9.95. The first kappa shape index (κ1) is 21.8. The molecule has 2 heterocycles. The Labute approximate surface area is 178 Å². The van der Waals surface area contributed by atoms with Gasteiger partial charge in [0, 0.05) is 31.2 Å². The average molecular weight is 436 g/mol. The summed E-state index contributed by atoms with van der Waals surface area (Å²) in [7, 11) is -3.63. The lowest BCUT2D eigenvalue weighted by Gasteiger charge is -2.27. The van der Waals surface area contributed by atoms with Gasteiger partial charge < -0.3 is 10.2 Å². The molecule has 2 aliphatic rings. The molecule has 1 amide bonds. The Morgan fingerprint density at radius 2 is 1.97 bits per heavy atom. The van der Waals surface area contributed by atoms with E-state index in [4.69, 9.17) is 0 Å². The third kappa shape index (κ3) is 4.19. The molecule has 2 aliphatic heterocycles. The number of carbonyl (C=O) groups excluding carboxylic acids is 1. The van der Waals surface area contributed by atoms with Gasteiger partial charge in [-0.15, -0.1) is 12.4 Å². The number of sulfonamides is 1. The monoisotopic (exact) mass is 435 g/mol. The van der Waals surface area contributed by atoms with E-state index in [9.17, 15) is 13.2 Å². The Bertz CT molecular complexity index is 1030. The SMILES string of the molecule is CC(=O)N1c2ccc(S(=O)(=O)NCC3NCCc4ccccc43)cc2CC1C.Cl. The summed E-state index contributed by atoms with van der Waals surface area (Å²) in [5.74, 6) is -0.0259. The molecule has 2 N–H and O–H groups in total. The van der Waals surface area contributed by atoms with Crippen LogP contribution in [-0.2, 0) is 27.7 Å². The van der Waals surface area contributed by atoms with Crippen molar-refractivity contribution in [1.29, 1.82) is 0 Å². The van der Waals surface area contributed by atoms with Crippen molar-refractivity contribution in [3.05, 3.63) is 59.2 Å². The summed E-state index contributed by atoms with van der Waals surface area (Å²) in [5, 5.41) is 3.39. The minimum atomic E-state index is -3.63. The molecule has 2 unspecified atom stereocenters. The third-order valence-corrected chi connectivity index (χ3v) is 7.03. The van der Waals surface area contributed by atoms with Crippen molar-refractivity contribution in [2.24, 2.45) is 0 Å². The predicted molar refractivity (Wildman–Crippen MR) is 116 cm³/mol. The van der Waals surface area contributed by atoms with Crippen LogP contribution in [0.5, 0.6) is 0 Å². The van der Waals surface area contributed by atoms with Gasteiger partial charge in [0.25, 0.3) is 0 Å². The first-order valence-electron chi connectivity index (χ1n) is 9.60. The Morgan fingerprint density at radius 3 is 2.72 bits per heavy atom. The Morgan fingerprint density at radius 1 is 1.21 bits per heavy atom. The topological polar surface area (TPSA) is 78.5 Å². The molecule has 0 saturated heterocycles. The average Bonchev–Trinajstić information content (AvgIpc) is 3.01. The van der Waals surface area contributed by atoms with Crippen LogP contribution >= 0.6 is 12.4 Å². The number of nitrogens with one attached hydrogen (secondary N) is 2. The van der Waals surface area contributed by atoms with Gasteiger partial charge in [-0.1, -0.05) is 24.3 Å². The molecular weight excluding hydrogens is 410 g/mol. The van der Waals surface area contributed by atoms with Crippen molar-refractivity contribution in [3.63, 3.8) is 0 Å². The number of benzene rings is 2. The molecule has 2 aromatic carbocycles. The second-order valence-electron chi connectivity index (χ2n) is 7.54. The van der Waals surface area contributed by atoms with E-state index in [1.165, 1.54) is 12.5 Å². The number of rotatable bonds is 4. The Balaban J connectivity index is 0.00000240. The van der Waals surface area contributed by atoms with Crippen LogP contribution in [0.4, 0.5) is 5.69 Å². The molecule has 29 heavy (non-hydrogen) atoms. The number of anilines is 1. The van der Waals surface area contributed by atoms with Crippen LogP contribution in [0.25, 0.3) is 0 Å². The number of hydrogen-bond acceptors (Lipinski definition) is 4. The van der Waals surface area contributed by atoms with Gasteiger partial charge in [0.1, 0.15) is 0 Å². The zero-order valence-corrected chi connectivity index (χ0v) is 18.1. The molecule has 156 valence electrons. The van der Waals surface area contributed by atoms with Crippen LogP contribution in [0.15, 0.2) is 47.4 Å². The van der Waals surface area contributed by atoms with Crippen molar-refractivity contribution >= 4 is 34.0 Å². The molecule has 0 aliphatic carbocycles. The minimum Gasteiger partial charge on any atom is -0.309 e. The fourth-order valence-corrected chi connectivity index (χ4v) is 5.40. The van der Waals surface area contributed by atoms with Crippen molar-refractivity contribution in [3.8, 4) is 0 Å². The highest BCUT2D eigenvalue weighted by molar-refractivity contribution is 7.89. The summed E-state index contributed by atoms with van der Waals surface area (Å²) < 4.78 is 28.5. The molecule has 0 aromatic heterocycles. The summed E-state index contributed by atoms with van der Waals surface area (Å²) >= 11 is 0. The van der Waals surface area contributed by atoms with E-state index in [-0.39, 0.29) is 35.3 Å². The maximum absolute atomic E-state index is 12.9. The molecule has 8 heteroatoms. The fourth-order valence-electron chi connectivity index (χ4n) is 4.31. The zero-order chi connectivity index (χ0) is 19.9. The predicted octanol–water partition coefficient (Wildman–Crippen LogP) is 2.57. The van der Waals surface area contributed by atoms with Crippen molar-refractivity contribution < 1.29 is 13.2 Å². The normalized spacial score (nSPS) is 20.6. The molecule has 4 rings (SSSR count). The quantitative estimate of drug-likeness (QED) is 0.773. The van der Waals surface area contributed by atoms with Gasteiger partial charge in [-0.25, -0.2) is 13.1 Å². The maximum Gasteiger partial charge on any atom is 0.240 e. The second kappa shape index (κ2) is 8.44. The van der Waals surface area contributed by atoms with E-state index >= 15 is 0 Å². The number of amides is 1. The largest absolute Gasteiger partial charge is 0.309 e. The van der Waals surface area contributed by atoms with E-state index in [0.717, 1.165) is 29.8 Å². The van der Waals surface area contributed by atoms with Crippen LogP contribution in [0.3, 0.4) is 0 Å². The van der Waals surface area contributed by atoms with Crippen LogP contribution in [0.2, 0.25) is 0 Å². The number of fused-ring (bicyclic) bond motifs is 2. The molecule has 2 aromatic rings. The van der Waals surface area contributed by atoms with Gasteiger partial charge in [-0.2, -0.15) is 0 Å². The molecule has 0 bridgehead atoms. The van der Waals surface area contributed by atoms with Crippen LogP contribution in [-0.4, -0.2) is 33.5 Å². The van der Waals surface area contributed by atoms with Gasteiger partial charge in [-0.3, -0.25) is 4.79 Å². The lowest BCUT2D eigenvalue weighted by molar-refractivity contribution is -0.116. The highest BCUT2D eigenvalue weighted by Gasteiger charge is 2.30. The summed E-state index contributed by atoms with van der Waals surface area (Å²) in [5.41, 5.74) is 4.12. The first-order chi connectivity index (χ1) is 13.4. The van der Waals surface area contributed by atoms with E-state index < -0.39 is 10.0 Å². The lowest BCUT2D eigenvalue weighted by Crippen LogP contribution is -2.38. The summed E-state index contributed by atoms with van der Waals surface area (Å²) in [6.07, 6.45) is 1.62.